The minimum absolute atomic E-state index is 0.287. The number of amides is 1. The molecule has 1 amide bonds. The third-order valence-electron chi connectivity index (χ3n) is 3.35. The van der Waals surface area contributed by atoms with Crippen molar-refractivity contribution in [2.75, 3.05) is 5.32 Å². The number of H-pyrrole nitrogens is 1. The molecule has 19 heavy (non-hydrogen) atoms. The van der Waals surface area contributed by atoms with Gasteiger partial charge in [-0.15, -0.1) is 0 Å². The molecule has 98 valence electrons. The number of carbonyl (C=O) groups excluding carboxylic acids is 1. The summed E-state index contributed by atoms with van der Waals surface area (Å²) in [5.41, 5.74) is 2.92. The van der Waals surface area contributed by atoms with Crippen LogP contribution in [0.5, 0.6) is 0 Å². The van der Waals surface area contributed by atoms with Gasteiger partial charge in [-0.2, -0.15) is 5.10 Å². The normalized spacial score (nSPS) is 13.9. The summed E-state index contributed by atoms with van der Waals surface area (Å²) < 4.78 is 13.1. The smallest absolute Gasteiger partial charge is 0.276 e. The van der Waals surface area contributed by atoms with Crippen LogP contribution in [-0.4, -0.2) is 16.1 Å². The van der Waals surface area contributed by atoms with Crippen molar-refractivity contribution in [2.45, 2.75) is 25.7 Å². The van der Waals surface area contributed by atoms with Gasteiger partial charge in [0.25, 0.3) is 5.91 Å². The predicted molar refractivity (Wildman–Crippen MR) is 69.6 cm³/mol. The van der Waals surface area contributed by atoms with E-state index in [1.165, 1.54) is 12.1 Å². The van der Waals surface area contributed by atoms with Gasteiger partial charge >= 0.3 is 0 Å². The topological polar surface area (TPSA) is 57.8 Å². The molecule has 0 saturated heterocycles. The van der Waals surface area contributed by atoms with Crippen LogP contribution in [0, 0.1) is 5.82 Å². The zero-order valence-corrected chi connectivity index (χ0v) is 10.4. The molecule has 0 aliphatic heterocycles. The van der Waals surface area contributed by atoms with Crippen LogP contribution in [0.4, 0.5) is 10.1 Å². The highest BCUT2D eigenvalue weighted by Gasteiger charge is 2.21. The predicted octanol–water partition coefficient (Wildman–Crippen LogP) is 2.68. The van der Waals surface area contributed by atoms with Gasteiger partial charge in [-0.25, -0.2) is 4.39 Å². The fourth-order valence-electron chi connectivity index (χ4n) is 2.43. The molecule has 0 bridgehead atoms. The molecule has 0 fully saturated rings. The van der Waals surface area contributed by atoms with Gasteiger partial charge in [0.2, 0.25) is 0 Å². The zero-order valence-electron chi connectivity index (χ0n) is 10.4. The van der Waals surface area contributed by atoms with Crippen molar-refractivity contribution in [3.05, 3.63) is 47.0 Å². The lowest BCUT2D eigenvalue weighted by Gasteiger charge is -2.11. The summed E-state index contributed by atoms with van der Waals surface area (Å²) in [6.45, 7) is 0. The van der Waals surface area contributed by atoms with Crippen molar-refractivity contribution >= 4 is 11.6 Å². The summed E-state index contributed by atoms with van der Waals surface area (Å²) in [5, 5.41) is 9.68. The fourth-order valence-corrected chi connectivity index (χ4v) is 2.43. The fraction of sp³-hybridized carbons (Fsp3) is 0.286. The van der Waals surface area contributed by atoms with Crippen LogP contribution < -0.4 is 5.32 Å². The molecule has 0 unspecified atom stereocenters. The molecule has 0 atom stereocenters. The number of aromatic amines is 1. The SMILES string of the molecule is O=C(Nc1cccc(F)c1)c1n[nH]c2c1CCCC2. The number of nitrogens with one attached hydrogen (secondary N) is 2. The number of halogens is 1. The van der Waals surface area contributed by atoms with Crippen molar-refractivity contribution in [1.29, 1.82) is 0 Å². The van der Waals surface area contributed by atoms with Crippen LogP contribution in [0.15, 0.2) is 24.3 Å². The Morgan fingerprint density at radius 2 is 2.16 bits per heavy atom. The lowest BCUT2D eigenvalue weighted by Crippen LogP contribution is -2.15. The Labute approximate surface area is 110 Å². The molecule has 1 aromatic heterocycles. The van der Waals surface area contributed by atoms with E-state index < -0.39 is 0 Å². The van der Waals surface area contributed by atoms with Gasteiger partial charge in [-0.1, -0.05) is 6.07 Å². The maximum absolute atomic E-state index is 13.1. The molecular weight excluding hydrogens is 245 g/mol. The maximum Gasteiger partial charge on any atom is 0.276 e. The highest BCUT2D eigenvalue weighted by Crippen LogP contribution is 2.22. The first-order valence-electron chi connectivity index (χ1n) is 6.37. The van der Waals surface area contributed by atoms with Crippen LogP contribution in [0.2, 0.25) is 0 Å². The third-order valence-corrected chi connectivity index (χ3v) is 3.35. The average molecular weight is 259 g/mol. The van der Waals surface area contributed by atoms with Crippen LogP contribution in [0.25, 0.3) is 0 Å². The van der Waals surface area contributed by atoms with E-state index in [1.54, 1.807) is 12.1 Å². The Morgan fingerprint density at radius 3 is 3.00 bits per heavy atom. The molecule has 1 heterocycles. The number of carbonyl (C=O) groups is 1. The number of aromatic nitrogens is 2. The lowest BCUT2D eigenvalue weighted by atomic mass is 9.96. The Morgan fingerprint density at radius 1 is 1.32 bits per heavy atom. The van der Waals surface area contributed by atoms with Gasteiger partial charge in [-0.05, 0) is 43.9 Å². The second-order valence-electron chi connectivity index (χ2n) is 4.70. The van der Waals surface area contributed by atoms with E-state index in [4.69, 9.17) is 0 Å². The number of benzene rings is 1. The van der Waals surface area contributed by atoms with Crippen LogP contribution in [-0.2, 0) is 12.8 Å². The number of anilines is 1. The molecule has 2 N–H and O–H groups in total. The molecule has 0 spiro atoms. The quantitative estimate of drug-likeness (QED) is 0.871. The number of hydrogen-bond donors (Lipinski definition) is 2. The van der Waals surface area contributed by atoms with E-state index >= 15 is 0 Å². The monoisotopic (exact) mass is 259 g/mol. The van der Waals surface area contributed by atoms with E-state index in [0.29, 0.717) is 11.4 Å². The molecule has 5 heteroatoms. The van der Waals surface area contributed by atoms with Gasteiger partial charge in [-0.3, -0.25) is 9.89 Å². The van der Waals surface area contributed by atoms with E-state index in [2.05, 4.69) is 15.5 Å². The molecular formula is C14H14FN3O. The molecule has 3 rings (SSSR count). The third kappa shape index (κ3) is 2.36. The number of aryl methyl sites for hydroxylation is 1. The second kappa shape index (κ2) is 4.84. The van der Waals surface area contributed by atoms with Crippen molar-refractivity contribution in [3.63, 3.8) is 0 Å². The average Bonchev–Trinajstić information content (AvgIpc) is 2.82. The molecule has 4 nitrogen and oxygen atoms in total. The number of rotatable bonds is 2. The van der Waals surface area contributed by atoms with E-state index in [0.717, 1.165) is 36.9 Å². The standard InChI is InChI=1S/C14H14FN3O/c15-9-4-3-5-10(8-9)16-14(19)13-11-6-1-2-7-12(11)17-18-13/h3-5,8H,1-2,6-7H2,(H,16,19)(H,17,18). The number of nitrogens with zero attached hydrogens (tertiary/aromatic N) is 1. The van der Waals surface area contributed by atoms with Gasteiger partial charge < -0.3 is 5.32 Å². The number of fused-ring (bicyclic) bond motifs is 1. The summed E-state index contributed by atoms with van der Waals surface area (Å²) in [5.74, 6) is -0.660. The lowest BCUT2D eigenvalue weighted by molar-refractivity contribution is 0.102. The van der Waals surface area contributed by atoms with Gasteiger partial charge in [0.1, 0.15) is 5.82 Å². The molecule has 1 aliphatic carbocycles. The zero-order chi connectivity index (χ0) is 13.2. The van der Waals surface area contributed by atoms with Crippen molar-refractivity contribution in [1.82, 2.24) is 10.2 Å². The minimum Gasteiger partial charge on any atom is -0.320 e. The van der Waals surface area contributed by atoms with Crippen LogP contribution in [0.3, 0.4) is 0 Å². The summed E-state index contributed by atoms with van der Waals surface area (Å²) in [7, 11) is 0. The molecule has 0 radical (unpaired) electrons. The first-order valence-corrected chi connectivity index (χ1v) is 6.37. The Kier molecular flexibility index (Phi) is 3.03. The maximum atomic E-state index is 13.1. The Bertz CT molecular complexity index is 621. The van der Waals surface area contributed by atoms with E-state index in [1.807, 2.05) is 0 Å². The summed E-state index contributed by atoms with van der Waals surface area (Å²) in [6, 6.07) is 5.84. The van der Waals surface area contributed by atoms with E-state index in [9.17, 15) is 9.18 Å². The minimum atomic E-state index is -0.373. The van der Waals surface area contributed by atoms with Crippen molar-refractivity contribution in [3.8, 4) is 0 Å². The van der Waals surface area contributed by atoms with Crippen molar-refractivity contribution in [2.24, 2.45) is 0 Å². The highest BCUT2D eigenvalue weighted by atomic mass is 19.1. The van der Waals surface area contributed by atoms with Gasteiger partial charge in [0, 0.05) is 16.9 Å². The van der Waals surface area contributed by atoms with Gasteiger partial charge in [0.15, 0.2) is 5.69 Å². The second-order valence-corrected chi connectivity index (χ2v) is 4.70. The number of hydrogen-bond acceptors (Lipinski definition) is 2. The summed E-state index contributed by atoms with van der Waals surface area (Å²) >= 11 is 0. The van der Waals surface area contributed by atoms with E-state index in [-0.39, 0.29) is 11.7 Å². The largest absolute Gasteiger partial charge is 0.320 e. The van der Waals surface area contributed by atoms with Crippen LogP contribution in [0.1, 0.15) is 34.6 Å². The highest BCUT2D eigenvalue weighted by molar-refractivity contribution is 6.04. The molecule has 2 aromatic rings. The van der Waals surface area contributed by atoms with Gasteiger partial charge in [0.05, 0.1) is 0 Å². The van der Waals surface area contributed by atoms with Crippen LogP contribution >= 0.6 is 0 Å². The molecule has 1 aliphatic rings. The Balaban J connectivity index is 1.83. The summed E-state index contributed by atoms with van der Waals surface area (Å²) in [4.78, 5) is 12.1. The molecule has 1 aromatic carbocycles. The molecule has 0 saturated carbocycles. The Hall–Kier alpha value is -2.17. The summed E-state index contributed by atoms with van der Waals surface area (Å²) in [6.07, 6.45) is 4.01. The first-order chi connectivity index (χ1) is 9.24. The van der Waals surface area contributed by atoms with Crippen molar-refractivity contribution < 1.29 is 9.18 Å². The first kappa shape index (κ1) is 11.9.